The van der Waals surface area contributed by atoms with Crippen LogP contribution in [-0.2, 0) is 5.54 Å². The molecule has 2 nitrogen and oxygen atoms in total. The lowest BCUT2D eigenvalue weighted by molar-refractivity contribution is 0.252. The molecule has 0 amide bonds. The maximum Gasteiger partial charge on any atom is 0.119 e. The molecule has 82 valence electrons. The number of nitrogens with two attached hydrogens (primary N) is 1. The minimum atomic E-state index is -0.0607. The molecule has 1 fully saturated rings. The number of ether oxygens (including phenoxy) is 1. The molecule has 1 aromatic carbocycles. The van der Waals surface area contributed by atoms with E-state index in [0.717, 1.165) is 18.6 Å². The zero-order valence-electron chi connectivity index (χ0n) is 9.55. The smallest absolute Gasteiger partial charge is 0.119 e. The second kappa shape index (κ2) is 3.86. The van der Waals surface area contributed by atoms with Crippen LogP contribution in [0.4, 0.5) is 0 Å². The SMILES string of the molecule is CCOc1ccc(C2(N)CCC2)c(C)c1. The normalized spacial score (nSPS) is 18.3. The number of aryl methyl sites for hydroxylation is 1. The molecule has 1 aromatic rings. The summed E-state index contributed by atoms with van der Waals surface area (Å²) in [4.78, 5) is 0. The van der Waals surface area contributed by atoms with Gasteiger partial charge in [-0.3, -0.25) is 0 Å². The van der Waals surface area contributed by atoms with Gasteiger partial charge in [0.1, 0.15) is 5.75 Å². The zero-order valence-corrected chi connectivity index (χ0v) is 9.55. The van der Waals surface area contributed by atoms with E-state index in [1.54, 1.807) is 0 Å². The van der Waals surface area contributed by atoms with E-state index in [1.807, 2.05) is 13.0 Å². The maximum absolute atomic E-state index is 6.31. The number of benzene rings is 1. The minimum Gasteiger partial charge on any atom is -0.494 e. The summed E-state index contributed by atoms with van der Waals surface area (Å²) in [6, 6.07) is 6.24. The first-order valence-electron chi connectivity index (χ1n) is 5.68. The number of rotatable bonds is 3. The predicted octanol–water partition coefficient (Wildman–Crippen LogP) is 2.73. The molecular weight excluding hydrogens is 186 g/mol. The van der Waals surface area contributed by atoms with Crippen LogP contribution in [0.5, 0.6) is 5.75 Å². The molecule has 1 aliphatic rings. The summed E-state index contributed by atoms with van der Waals surface area (Å²) in [6.45, 7) is 4.83. The molecule has 2 N–H and O–H groups in total. The van der Waals surface area contributed by atoms with Gasteiger partial charge >= 0.3 is 0 Å². The van der Waals surface area contributed by atoms with Crippen molar-refractivity contribution in [3.05, 3.63) is 29.3 Å². The highest BCUT2D eigenvalue weighted by molar-refractivity contribution is 5.40. The van der Waals surface area contributed by atoms with Gasteiger partial charge in [-0.05, 0) is 56.4 Å². The van der Waals surface area contributed by atoms with Crippen molar-refractivity contribution in [2.24, 2.45) is 5.73 Å². The Kier molecular flexibility index (Phi) is 2.70. The van der Waals surface area contributed by atoms with E-state index in [1.165, 1.54) is 17.5 Å². The van der Waals surface area contributed by atoms with Crippen LogP contribution in [0.15, 0.2) is 18.2 Å². The van der Waals surface area contributed by atoms with E-state index in [2.05, 4.69) is 19.1 Å². The second-order valence-electron chi connectivity index (χ2n) is 4.42. The summed E-state index contributed by atoms with van der Waals surface area (Å²) in [5.74, 6) is 0.946. The highest BCUT2D eigenvalue weighted by Crippen LogP contribution is 2.40. The summed E-state index contributed by atoms with van der Waals surface area (Å²) in [6.07, 6.45) is 3.48. The van der Waals surface area contributed by atoms with E-state index >= 15 is 0 Å². The van der Waals surface area contributed by atoms with Crippen LogP contribution in [0.1, 0.15) is 37.3 Å². The van der Waals surface area contributed by atoms with Crippen LogP contribution in [0, 0.1) is 6.92 Å². The molecule has 1 saturated carbocycles. The molecule has 1 aliphatic carbocycles. The number of hydrogen-bond donors (Lipinski definition) is 1. The van der Waals surface area contributed by atoms with Gasteiger partial charge in [0.2, 0.25) is 0 Å². The van der Waals surface area contributed by atoms with E-state index in [9.17, 15) is 0 Å². The summed E-state index contributed by atoms with van der Waals surface area (Å²) >= 11 is 0. The van der Waals surface area contributed by atoms with Gasteiger partial charge in [0.05, 0.1) is 6.61 Å². The van der Waals surface area contributed by atoms with Crippen LogP contribution in [0.2, 0.25) is 0 Å². The molecule has 0 saturated heterocycles. The minimum absolute atomic E-state index is 0.0607. The summed E-state index contributed by atoms with van der Waals surface area (Å²) in [5.41, 5.74) is 8.79. The third-order valence-corrected chi connectivity index (χ3v) is 3.29. The lowest BCUT2D eigenvalue weighted by Crippen LogP contribution is -2.43. The summed E-state index contributed by atoms with van der Waals surface area (Å²) < 4.78 is 5.47. The van der Waals surface area contributed by atoms with Crippen molar-refractivity contribution in [1.29, 1.82) is 0 Å². The Hall–Kier alpha value is -1.02. The zero-order chi connectivity index (χ0) is 10.9. The first kappa shape index (κ1) is 10.5. The number of hydrogen-bond acceptors (Lipinski definition) is 2. The molecule has 0 spiro atoms. The van der Waals surface area contributed by atoms with E-state index in [4.69, 9.17) is 10.5 Å². The molecule has 0 aromatic heterocycles. The second-order valence-corrected chi connectivity index (χ2v) is 4.42. The van der Waals surface area contributed by atoms with Gasteiger partial charge < -0.3 is 10.5 Å². The standard InChI is InChI=1S/C13H19NO/c1-3-15-11-5-6-12(10(2)9-11)13(14)7-4-8-13/h5-6,9H,3-4,7-8,14H2,1-2H3. The van der Waals surface area contributed by atoms with Crippen molar-refractivity contribution >= 4 is 0 Å². The van der Waals surface area contributed by atoms with Gasteiger partial charge in [-0.2, -0.15) is 0 Å². The topological polar surface area (TPSA) is 35.2 Å². The van der Waals surface area contributed by atoms with E-state index in [-0.39, 0.29) is 5.54 Å². The van der Waals surface area contributed by atoms with Crippen LogP contribution in [0.25, 0.3) is 0 Å². The molecule has 2 rings (SSSR count). The fraction of sp³-hybridized carbons (Fsp3) is 0.538. The summed E-state index contributed by atoms with van der Waals surface area (Å²) in [7, 11) is 0. The van der Waals surface area contributed by atoms with Crippen LogP contribution >= 0.6 is 0 Å². The van der Waals surface area contributed by atoms with E-state index < -0.39 is 0 Å². The van der Waals surface area contributed by atoms with Crippen molar-refractivity contribution in [3.8, 4) is 5.75 Å². The van der Waals surface area contributed by atoms with Gasteiger partial charge in [-0.15, -0.1) is 0 Å². The van der Waals surface area contributed by atoms with Crippen molar-refractivity contribution < 1.29 is 4.74 Å². The van der Waals surface area contributed by atoms with Crippen LogP contribution < -0.4 is 10.5 Å². The quantitative estimate of drug-likeness (QED) is 0.823. The molecule has 15 heavy (non-hydrogen) atoms. The lowest BCUT2D eigenvalue weighted by atomic mass is 9.71. The van der Waals surface area contributed by atoms with Crippen molar-refractivity contribution in [2.75, 3.05) is 6.61 Å². The monoisotopic (exact) mass is 205 g/mol. The fourth-order valence-corrected chi connectivity index (χ4v) is 2.28. The van der Waals surface area contributed by atoms with Gasteiger partial charge in [-0.25, -0.2) is 0 Å². The van der Waals surface area contributed by atoms with Gasteiger partial charge in [0, 0.05) is 5.54 Å². The van der Waals surface area contributed by atoms with Gasteiger partial charge in [0.25, 0.3) is 0 Å². The Morgan fingerprint density at radius 2 is 2.13 bits per heavy atom. The molecular formula is C13H19NO. The average molecular weight is 205 g/mol. The maximum atomic E-state index is 6.31. The highest BCUT2D eigenvalue weighted by atomic mass is 16.5. The molecule has 2 heteroatoms. The lowest BCUT2D eigenvalue weighted by Gasteiger charge is -2.39. The Bertz CT molecular complexity index is 356. The molecule has 0 bridgehead atoms. The molecule has 0 aliphatic heterocycles. The Morgan fingerprint density at radius 3 is 2.60 bits per heavy atom. The Balaban J connectivity index is 2.26. The summed E-state index contributed by atoms with van der Waals surface area (Å²) in [5, 5.41) is 0. The van der Waals surface area contributed by atoms with Crippen LogP contribution in [-0.4, -0.2) is 6.61 Å². The van der Waals surface area contributed by atoms with Crippen molar-refractivity contribution in [1.82, 2.24) is 0 Å². The van der Waals surface area contributed by atoms with E-state index in [0.29, 0.717) is 6.61 Å². The van der Waals surface area contributed by atoms with Crippen molar-refractivity contribution in [3.63, 3.8) is 0 Å². The predicted molar refractivity (Wildman–Crippen MR) is 62.1 cm³/mol. The fourth-order valence-electron chi connectivity index (χ4n) is 2.28. The first-order valence-corrected chi connectivity index (χ1v) is 5.68. The molecule has 0 radical (unpaired) electrons. The Morgan fingerprint density at radius 1 is 1.40 bits per heavy atom. The van der Waals surface area contributed by atoms with Gasteiger partial charge in [0.15, 0.2) is 0 Å². The van der Waals surface area contributed by atoms with Crippen molar-refractivity contribution in [2.45, 2.75) is 38.6 Å². The molecule has 0 atom stereocenters. The highest BCUT2D eigenvalue weighted by Gasteiger charge is 2.35. The Labute approximate surface area is 91.4 Å². The third-order valence-electron chi connectivity index (χ3n) is 3.29. The van der Waals surface area contributed by atoms with Crippen LogP contribution in [0.3, 0.4) is 0 Å². The third kappa shape index (κ3) is 1.86. The largest absolute Gasteiger partial charge is 0.494 e. The molecule has 0 heterocycles. The van der Waals surface area contributed by atoms with Gasteiger partial charge in [-0.1, -0.05) is 6.07 Å². The molecule has 0 unspecified atom stereocenters. The average Bonchev–Trinajstić information content (AvgIpc) is 2.15. The first-order chi connectivity index (χ1) is 7.15.